The molecule has 0 aliphatic carbocycles. The van der Waals surface area contributed by atoms with Crippen LogP contribution in [0, 0.1) is 6.92 Å². The Morgan fingerprint density at radius 1 is 1.12 bits per heavy atom. The summed E-state index contributed by atoms with van der Waals surface area (Å²) < 4.78 is 10.8. The molecule has 0 saturated carbocycles. The van der Waals surface area contributed by atoms with Crippen molar-refractivity contribution in [1.82, 2.24) is 4.90 Å². The number of aryl methyl sites for hydroxylation is 1. The fourth-order valence-corrected chi connectivity index (χ4v) is 3.33. The van der Waals surface area contributed by atoms with Gasteiger partial charge in [0, 0.05) is 31.7 Å². The van der Waals surface area contributed by atoms with Gasteiger partial charge in [-0.1, -0.05) is 18.2 Å². The second-order valence-electron chi connectivity index (χ2n) is 6.53. The largest absolute Gasteiger partial charge is 0.493 e. The van der Waals surface area contributed by atoms with Crippen molar-refractivity contribution in [1.29, 1.82) is 0 Å². The minimum absolute atomic E-state index is 0.173. The number of fused-ring (bicyclic) bond motifs is 1. The molecule has 5 nitrogen and oxygen atoms in total. The van der Waals surface area contributed by atoms with Gasteiger partial charge in [-0.25, -0.2) is 0 Å². The number of nitrogens with one attached hydrogen (secondary N) is 1. The summed E-state index contributed by atoms with van der Waals surface area (Å²) in [7, 11) is 3.28. The number of benzene rings is 2. The second-order valence-corrected chi connectivity index (χ2v) is 6.53. The van der Waals surface area contributed by atoms with Crippen molar-refractivity contribution in [3.63, 3.8) is 0 Å². The number of hydrogen-bond donors (Lipinski definition) is 1. The first-order valence-corrected chi connectivity index (χ1v) is 8.93. The van der Waals surface area contributed by atoms with Crippen LogP contribution in [0.5, 0.6) is 11.5 Å². The lowest BCUT2D eigenvalue weighted by Gasteiger charge is -2.30. The Morgan fingerprint density at radius 3 is 2.50 bits per heavy atom. The number of ether oxygens (including phenoxy) is 2. The Hall–Kier alpha value is -2.69. The number of hydrogen-bond acceptors (Lipinski definition) is 4. The van der Waals surface area contributed by atoms with Gasteiger partial charge in [0.05, 0.1) is 14.2 Å². The zero-order chi connectivity index (χ0) is 18.5. The number of carbonyl (C=O) groups is 1. The van der Waals surface area contributed by atoms with Gasteiger partial charge >= 0.3 is 0 Å². The quantitative estimate of drug-likeness (QED) is 0.864. The summed E-state index contributed by atoms with van der Waals surface area (Å²) in [5.74, 6) is 1.63. The van der Waals surface area contributed by atoms with Crippen LogP contribution in [0.4, 0.5) is 5.69 Å². The highest BCUT2D eigenvalue weighted by atomic mass is 16.5. The molecule has 1 N–H and O–H groups in total. The van der Waals surface area contributed by atoms with E-state index in [1.54, 1.807) is 14.2 Å². The molecule has 1 aliphatic heterocycles. The Kier molecular flexibility index (Phi) is 5.66. The average molecular weight is 354 g/mol. The maximum absolute atomic E-state index is 12.6. The summed E-state index contributed by atoms with van der Waals surface area (Å²) in [6.45, 7) is 4.07. The van der Waals surface area contributed by atoms with Gasteiger partial charge < -0.3 is 19.7 Å². The van der Waals surface area contributed by atoms with Crippen molar-refractivity contribution in [3.8, 4) is 11.5 Å². The maximum atomic E-state index is 12.6. The van der Waals surface area contributed by atoms with Crippen molar-refractivity contribution in [2.75, 3.05) is 32.6 Å². The van der Waals surface area contributed by atoms with Gasteiger partial charge in [0.25, 0.3) is 0 Å². The predicted octanol–water partition coefficient (Wildman–Crippen LogP) is 3.40. The Balaban J connectivity index is 1.59. The third-order valence-electron chi connectivity index (χ3n) is 4.87. The van der Waals surface area contributed by atoms with Crippen LogP contribution >= 0.6 is 0 Å². The molecule has 0 radical (unpaired) electrons. The van der Waals surface area contributed by atoms with Crippen LogP contribution in [0.1, 0.15) is 23.1 Å². The highest BCUT2D eigenvalue weighted by molar-refractivity contribution is 5.77. The molecular weight excluding hydrogens is 328 g/mol. The lowest BCUT2D eigenvalue weighted by Crippen LogP contribution is -2.36. The van der Waals surface area contributed by atoms with Gasteiger partial charge in [-0.2, -0.15) is 0 Å². The number of carbonyl (C=O) groups excluding carboxylic acids is 1. The molecule has 0 saturated heterocycles. The Labute approximate surface area is 154 Å². The molecule has 1 aliphatic rings. The topological polar surface area (TPSA) is 50.8 Å². The van der Waals surface area contributed by atoms with E-state index in [0.717, 1.165) is 30.0 Å². The third kappa shape index (κ3) is 3.93. The van der Waals surface area contributed by atoms with E-state index in [2.05, 4.69) is 18.3 Å². The standard InChI is InChI=1S/C21H26N2O3/c1-15-6-4-5-7-18(15)22-10-8-21(24)23-11-9-16-12-19(25-2)20(26-3)13-17(16)14-23/h4-7,12-13,22H,8-11,14H2,1-3H3. The van der Waals surface area contributed by atoms with Crippen LogP contribution in [0.3, 0.4) is 0 Å². The van der Waals surface area contributed by atoms with Crippen LogP contribution in [-0.4, -0.2) is 38.1 Å². The normalized spacial score (nSPS) is 13.1. The molecule has 0 fully saturated rings. The summed E-state index contributed by atoms with van der Waals surface area (Å²) in [6.07, 6.45) is 1.32. The first-order valence-electron chi connectivity index (χ1n) is 8.93. The third-order valence-corrected chi connectivity index (χ3v) is 4.87. The SMILES string of the molecule is COc1cc2c(cc1OC)CN(C(=O)CCNc1ccccc1C)CC2. The average Bonchev–Trinajstić information content (AvgIpc) is 2.67. The van der Waals surface area contributed by atoms with Crippen LogP contribution in [0.2, 0.25) is 0 Å². The smallest absolute Gasteiger partial charge is 0.224 e. The zero-order valence-corrected chi connectivity index (χ0v) is 15.7. The Bertz CT molecular complexity index is 789. The first kappa shape index (κ1) is 18.1. The van der Waals surface area contributed by atoms with Gasteiger partial charge in [0.2, 0.25) is 5.91 Å². The summed E-state index contributed by atoms with van der Waals surface area (Å²) in [4.78, 5) is 14.5. The van der Waals surface area contributed by atoms with Crippen LogP contribution in [0.25, 0.3) is 0 Å². The number of rotatable bonds is 6. The van der Waals surface area contributed by atoms with E-state index >= 15 is 0 Å². The first-order chi connectivity index (χ1) is 12.6. The predicted molar refractivity (Wildman–Crippen MR) is 103 cm³/mol. The fourth-order valence-electron chi connectivity index (χ4n) is 3.33. The monoisotopic (exact) mass is 354 g/mol. The van der Waals surface area contributed by atoms with Gasteiger partial charge in [-0.15, -0.1) is 0 Å². The second kappa shape index (κ2) is 8.13. The number of nitrogens with zero attached hydrogens (tertiary/aromatic N) is 1. The highest BCUT2D eigenvalue weighted by Gasteiger charge is 2.22. The van der Waals surface area contributed by atoms with Crippen LogP contribution < -0.4 is 14.8 Å². The van der Waals surface area contributed by atoms with Crippen molar-refractivity contribution >= 4 is 11.6 Å². The molecule has 5 heteroatoms. The van der Waals surface area contributed by atoms with E-state index in [9.17, 15) is 4.79 Å². The molecule has 3 rings (SSSR count). The van der Waals surface area contributed by atoms with E-state index in [1.807, 2.05) is 35.2 Å². The van der Waals surface area contributed by atoms with Crippen molar-refractivity contribution in [3.05, 3.63) is 53.1 Å². The summed E-state index contributed by atoms with van der Waals surface area (Å²) in [5.41, 5.74) is 4.63. The lowest BCUT2D eigenvalue weighted by molar-refractivity contribution is -0.131. The van der Waals surface area contributed by atoms with Gasteiger partial charge in [-0.3, -0.25) is 4.79 Å². The van der Waals surface area contributed by atoms with E-state index in [1.165, 1.54) is 11.1 Å². The number of methoxy groups -OCH3 is 2. The Morgan fingerprint density at radius 2 is 1.81 bits per heavy atom. The molecule has 138 valence electrons. The van der Waals surface area contributed by atoms with Crippen LogP contribution in [-0.2, 0) is 17.8 Å². The van der Waals surface area contributed by atoms with E-state index in [0.29, 0.717) is 25.3 Å². The summed E-state index contributed by atoms with van der Waals surface area (Å²) in [6, 6.07) is 12.1. The molecule has 1 amide bonds. The molecule has 26 heavy (non-hydrogen) atoms. The van der Waals surface area contributed by atoms with E-state index in [4.69, 9.17) is 9.47 Å². The molecular formula is C21H26N2O3. The molecule has 2 aromatic rings. The summed E-state index contributed by atoms with van der Waals surface area (Å²) >= 11 is 0. The van der Waals surface area contributed by atoms with E-state index < -0.39 is 0 Å². The number of para-hydroxylation sites is 1. The van der Waals surface area contributed by atoms with Gasteiger partial charge in [0.15, 0.2) is 11.5 Å². The van der Waals surface area contributed by atoms with Gasteiger partial charge in [-0.05, 0) is 48.2 Å². The molecule has 1 heterocycles. The van der Waals surface area contributed by atoms with Crippen LogP contribution in [0.15, 0.2) is 36.4 Å². The zero-order valence-electron chi connectivity index (χ0n) is 15.7. The lowest BCUT2D eigenvalue weighted by atomic mass is 9.98. The molecule has 0 unspecified atom stereocenters. The fraction of sp³-hybridized carbons (Fsp3) is 0.381. The van der Waals surface area contributed by atoms with Crippen molar-refractivity contribution < 1.29 is 14.3 Å². The van der Waals surface area contributed by atoms with Crippen molar-refractivity contribution in [2.45, 2.75) is 26.3 Å². The van der Waals surface area contributed by atoms with Crippen molar-refractivity contribution in [2.24, 2.45) is 0 Å². The number of amides is 1. The number of anilines is 1. The van der Waals surface area contributed by atoms with E-state index in [-0.39, 0.29) is 5.91 Å². The highest BCUT2D eigenvalue weighted by Crippen LogP contribution is 2.33. The summed E-state index contributed by atoms with van der Waals surface area (Å²) in [5, 5.41) is 3.35. The molecule has 0 bridgehead atoms. The minimum atomic E-state index is 0.173. The molecule has 2 aromatic carbocycles. The molecule has 0 atom stereocenters. The maximum Gasteiger partial charge on any atom is 0.224 e. The molecule has 0 aromatic heterocycles. The van der Waals surface area contributed by atoms with Gasteiger partial charge in [0.1, 0.15) is 0 Å². The molecule has 0 spiro atoms. The minimum Gasteiger partial charge on any atom is -0.493 e.